The number of nitrogens with one attached hydrogen (secondary N) is 1. The molecule has 0 aromatic heterocycles. The third-order valence-electron chi connectivity index (χ3n) is 3.96. The first-order valence-electron chi connectivity index (χ1n) is 8.31. The molecular formula is C20H24N2O2. The summed E-state index contributed by atoms with van der Waals surface area (Å²) in [7, 11) is 0. The summed E-state index contributed by atoms with van der Waals surface area (Å²) in [4.78, 5) is 23.6. The number of carbonyl (C=O) groups is 2. The second-order valence-electron chi connectivity index (χ2n) is 5.89. The molecule has 0 unspecified atom stereocenters. The number of nitrogens with two attached hydrogens (primary N) is 1. The summed E-state index contributed by atoms with van der Waals surface area (Å²) in [5.74, 6) is -0.613. The van der Waals surface area contributed by atoms with Gasteiger partial charge < -0.3 is 11.1 Å². The summed E-state index contributed by atoms with van der Waals surface area (Å²) >= 11 is 0. The molecule has 1 atom stereocenters. The summed E-state index contributed by atoms with van der Waals surface area (Å²) in [5.41, 5.74) is 7.74. The molecule has 0 heterocycles. The molecule has 3 N–H and O–H groups in total. The van der Waals surface area contributed by atoms with Crippen molar-refractivity contribution in [2.75, 3.05) is 0 Å². The molecule has 24 heavy (non-hydrogen) atoms. The van der Waals surface area contributed by atoms with Crippen LogP contribution in [0.2, 0.25) is 0 Å². The summed E-state index contributed by atoms with van der Waals surface area (Å²) in [6.07, 6.45) is 3.23. The maximum absolute atomic E-state index is 12.0. The molecule has 2 amide bonds. The minimum absolute atomic E-state index is 0.137. The van der Waals surface area contributed by atoms with Crippen molar-refractivity contribution in [2.24, 2.45) is 5.73 Å². The number of hydrogen-bond acceptors (Lipinski definition) is 2. The smallest absolute Gasteiger partial charge is 0.239 e. The Balaban J connectivity index is 1.75. The molecule has 0 bridgehead atoms. The Bertz CT molecular complexity index is 641. The molecule has 0 radical (unpaired) electrons. The van der Waals surface area contributed by atoms with Gasteiger partial charge in [0.05, 0.1) is 0 Å². The van der Waals surface area contributed by atoms with Crippen LogP contribution in [0.15, 0.2) is 60.7 Å². The van der Waals surface area contributed by atoms with Crippen LogP contribution in [-0.2, 0) is 22.4 Å². The molecule has 0 fully saturated rings. The van der Waals surface area contributed by atoms with Gasteiger partial charge in [-0.05, 0) is 36.8 Å². The van der Waals surface area contributed by atoms with Crippen molar-refractivity contribution in [1.82, 2.24) is 5.32 Å². The van der Waals surface area contributed by atoms with Crippen LogP contribution in [0.3, 0.4) is 0 Å². The Labute approximate surface area is 143 Å². The van der Waals surface area contributed by atoms with Gasteiger partial charge in [0.2, 0.25) is 11.8 Å². The molecule has 0 aliphatic rings. The Kier molecular flexibility index (Phi) is 7.02. The van der Waals surface area contributed by atoms with Crippen molar-refractivity contribution in [3.05, 3.63) is 71.8 Å². The predicted molar refractivity (Wildman–Crippen MR) is 95.3 cm³/mol. The van der Waals surface area contributed by atoms with E-state index in [0.717, 1.165) is 18.4 Å². The van der Waals surface area contributed by atoms with Crippen molar-refractivity contribution in [3.63, 3.8) is 0 Å². The van der Waals surface area contributed by atoms with Gasteiger partial charge in [-0.2, -0.15) is 0 Å². The number of amides is 2. The minimum atomic E-state index is -0.600. The minimum Gasteiger partial charge on any atom is -0.368 e. The lowest BCUT2D eigenvalue weighted by atomic mass is 10.0. The van der Waals surface area contributed by atoms with E-state index in [9.17, 15) is 9.59 Å². The van der Waals surface area contributed by atoms with Crippen LogP contribution in [0.25, 0.3) is 0 Å². The quantitative estimate of drug-likeness (QED) is 0.744. The lowest BCUT2D eigenvalue weighted by Gasteiger charge is -2.15. The number of benzene rings is 2. The summed E-state index contributed by atoms with van der Waals surface area (Å²) in [5, 5.41) is 2.76. The highest BCUT2D eigenvalue weighted by Gasteiger charge is 2.17. The van der Waals surface area contributed by atoms with Crippen molar-refractivity contribution in [3.8, 4) is 0 Å². The first-order valence-corrected chi connectivity index (χ1v) is 8.31. The molecule has 0 aliphatic carbocycles. The van der Waals surface area contributed by atoms with Crippen LogP contribution in [0.5, 0.6) is 0 Å². The fraction of sp³-hybridized carbons (Fsp3) is 0.300. The van der Waals surface area contributed by atoms with Crippen LogP contribution in [0.1, 0.15) is 30.4 Å². The Morgan fingerprint density at radius 3 is 1.96 bits per heavy atom. The highest BCUT2D eigenvalue weighted by Crippen LogP contribution is 2.07. The number of primary amides is 1. The Hall–Kier alpha value is -2.62. The SMILES string of the molecule is NC(=O)[C@H](CCCc1ccccc1)NC(=O)CCc1ccccc1. The van der Waals surface area contributed by atoms with E-state index in [0.29, 0.717) is 19.3 Å². The number of rotatable bonds is 9. The van der Waals surface area contributed by atoms with Gasteiger partial charge in [-0.15, -0.1) is 0 Å². The standard InChI is InChI=1S/C20H24N2O2/c21-20(24)18(13-7-12-16-8-3-1-4-9-16)22-19(23)15-14-17-10-5-2-6-11-17/h1-6,8-11,18H,7,12-15H2,(H2,21,24)(H,22,23)/t18-/m0/s1. The summed E-state index contributed by atoms with van der Waals surface area (Å²) in [6.45, 7) is 0. The highest BCUT2D eigenvalue weighted by atomic mass is 16.2. The van der Waals surface area contributed by atoms with Crippen molar-refractivity contribution in [2.45, 2.75) is 38.1 Å². The fourth-order valence-electron chi connectivity index (χ4n) is 2.61. The maximum atomic E-state index is 12.0. The van der Waals surface area contributed by atoms with Gasteiger partial charge in [0.1, 0.15) is 6.04 Å². The summed E-state index contributed by atoms with van der Waals surface area (Å²) < 4.78 is 0. The normalized spacial score (nSPS) is 11.7. The van der Waals surface area contributed by atoms with Crippen LogP contribution < -0.4 is 11.1 Å². The van der Waals surface area contributed by atoms with E-state index < -0.39 is 11.9 Å². The number of carbonyl (C=O) groups excluding carboxylic acids is 2. The van der Waals surface area contributed by atoms with Crippen molar-refractivity contribution >= 4 is 11.8 Å². The van der Waals surface area contributed by atoms with Gasteiger partial charge in [-0.1, -0.05) is 60.7 Å². The van der Waals surface area contributed by atoms with Gasteiger partial charge in [0, 0.05) is 6.42 Å². The van der Waals surface area contributed by atoms with E-state index in [1.807, 2.05) is 48.5 Å². The maximum Gasteiger partial charge on any atom is 0.239 e. The van der Waals surface area contributed by atoms with Gasteiger partial charge in [0.15, 0.2) is 0 Å². The zero-order valence-electron chi connectivity index (χ0n) is 13.8. The molecule has 0 spiro atoms. The third kappa shape index (κ3) is 6.24. The average Bonchev–Trinajstić information content (AvgIpc) is 2.61. The second-order valence-corrected chi connectivity index (χ2v) is 5.89. The van der Waals surface area contributed by atoms with Crippen molar-refractivity contribution < 1.29 is 9.59 Å². The van der Waals surface area contributed by atoms with E-state index in [2.05, 4.69) is 17.4 Å². The molecule has 2 aromatic rings. The Morgan fingerprint density at radius 2 is 1.42 bits per heavy atom. The summed E-state index contributed by atoms with van der Waals surface area (Å²) in [6, 6.07) is 19.3. The lowest BCUT2D eigenvalue weighted by molar-refractivity contribution is -0.127. The lowest BCUT2D eigenvalue weighted by Crippen LogP contribution is -2.44. The topological polar surface area (TPSA) is 72.2 Å². The molecular weight excluding hydrogens is 300 g/mol. The van der Waals surface area contributed by atoms with Crippen LogP contribution in [-0.4, -0.2) is 17.9 Å². The van der Waals surface area contributed by atoms with Gasteiger partial charge in [-0.3, -0.25) is 9.59 Å². The Morgan fingerprint density at radius 1 is 0.875 bits per heavy atom. The van der Waals surface area contributed by atoms with Crippen molar-refractivity contribution in [1.29, 1.82) is 0 Å². The van der Waals surface area contributed by atoms with Gasteiger partial charge in [0.25, 0.3) is 0 Å². The van der Waals surface area contributed by atoms with E-state index in [1.165, 1.54) is 5.56 Å². The molecule has 0 saturated carbocycles. The molecule has 4 nitrogen and oxygen atoms in total. The fourth-order valence-corrected chi connectivity index (χ4v) is 2.61. The monoisotopic (exact) mass is 324 g/mol. The first kappa shape index (κ1) is 17.7. The third-order valence-corrected chi connectivity index (χ3v) is 3.96. The molecule has 0 aliphatic heterocycles. The molecule has 4 heteroatoms. The predicted octanol–water partition coefficient (Wildman–Crippen LogP) is 2.61. The van der Waals surface area contributed by atoms with Crippen LogP contribution in [0, 0.1) is 0 Å². The van der Waals surface area contributed by atoms with E-state index in [4.69, 9.17) is 5.73 Å². The first-order chi connectivity index (χ1) is 11.6. The molecule has 2 aromatic carbocycles. The van der Waals surface area contributed by atoms with E-state index in [-0.39, 0.29) is 5.91 Å². The molecule has 0 saturated heterocycles. The van der Waals surface area contributed by atoms with Crippen LogP contribution in [0.4, 0.5) is 0 Å². The molecule has 2 rings (SSSR count). The zero-order chi connectivity index (χ0) is 17.2. The van der Waals surface area contributed by atoms with Crippen LogP contribution >= 0.6 is 0 Å². The zero-order valence-corrected chi connectivity index (χ0v) is 13.8. The molecule has 126 valence electrons. The largest absolute Gasteiger partial charge is 0.368 e. The van der Waals surface area contributed by atoms with Gasteiger partial charge in [-0.25, -0.2) is 0 Å². The van der Waals surface area contributed by atoms with Gasteiger partial charge >= 0.3 is 0 Å². The van der Waals surface area contributed by atoms with E-state index >= 15 is 0 Å². The number of hydrogen-bond donors (Lipinski definition) is 2. The van der Waals surface area contributed by atoms with E-state index in [1.54, 1.807) is 0 Å². The second kappa shape index (κ2) is 9.50. The highest BCUT2D eigenvalue weighted by molar-refractivity contribution is 5.86. The average molecular weight is 324 g/mol. The number of aryl methyl sites for hydroxylation is 2.